The van der Waals surface area contributed by atoms with Crippen molar-refractivity contribution >= 4 is 33.0 Å². The molecule has 1 N–H and O–H groups in total. The van der Waals surface area contributed by atoms with Gasteiger partial charge in [0.15, 0.2) is 0 Å². The van der Waals surface area contributed by atoms with Crippen LogP contribution in [0, 0.1) is 6.92 Å². The van der Waals surface area contributed by atoms with E-state index in [2.05, 4.69) is 0 Å². The highest BCUT2D eigenvalue weighted by atomic mass is 35.5. The average Bonchev–Trinajstić information content (AvgIpc) is 2.55. The number of aromatic hydroxyl groups is 1. The number of aryl methyl sites for hydroxylation is 1. The summed E-state index contributed by atoms with van der Waals surface area (Å²) in [6, 6.07) is 5.95. The summed E-state index contributed by atoms with van der Waals surface area (Å²) in [5.41, 5.74) is 0.912. The third kappa shape index (κ3) is 1.40. The monoisotopic (exact) mass is 212 g/mol. The van der Waals surface area contributed by atoms with Crippen molar-refractivity contribution in [2.75, 3.05) is 0 Å². The molecule has 0 aliphatic rings. The predicted octanol–water partition coefficient (Wildman–Crippen LogP) is 3.65. The number of hydrogen-bond donors (Lipinski definition) is 1. The zero-order valence-corrected chi connectivity index (χ0v) is 8.75. The minimum atomic E-state index is 0.388. The van der Waals surface area contributed by atoms with Crippen molar-refractivity contribution in [3.8, 4) is 5.75 Å². The molecule has 1 nitrogen and oxygen atoms in total. The molecule has 0 unspecified atom stereocenters. The van der Waals surface area contributed by atoms with Crippen LogP contribution in [0.5, 0.6) is 5.75 Å². The molecule has 0 saturated carbocycles. The lowest BCUT2D eigenvalue weighted by Crippen LogP contribution is -1.72. The van der Waals surface area contributed by atoms with Gasteiger partial charge >= 0.3 is 0 Å². The Labute approximate surface area is 85.6 Å². The highest BCUT2D eigenvalue weighted by Gasteiger charge is 2.06. The zero-order valence-electron chi connectivity index (χ0n) is 7.17. The van der Waals surface area contributed by atoms with Crippen LogP contribution in [0.2, 0.25) is 0 Å². The third-order valence-electron chi connectivity index (χ3n) is 2.05. The Kier molecular flexibility index (Phi) is 2.18. The first-order valence-corrected chi connectivity index (χ1v) is 5.34. The molecule has 0 amide bonds. The van der Waals surface area contributed by atoms with Gasteiger partial charge in [0.1, 0.15) is 5.75 Å². The quantitative estimate of drug-likeness (QED) is 0.716. The van der Waals surface area contributed by atoms with Crippen LogP contribution in [-0.4, -0.2) is 5.11 Å². The summed E-state index contributed by atoms with van der Waals surface area (Å²) in [4.78, 5) is 1.09. The number of alkyl halides is 1. The number of halogens is 1. The number of phenolic OH excluding ortho intramolecular Hbond substituents is 1. The number of thiophene rings is 1. The Balaban J connectivity index is 2.76. The summed E-state index contributed by atoms with van der Waals surface area (Å²) in [6.07, 6.45) is 0. The van der Waals surface area contributed by atoms with Crippen LogP contribution in [-0.2, 0) is 5.88 Å². The van der Waals surface area contributed by atoms with Crippen molar-refractivity contribution in [1.29, 1.82) is 0 Å². The smallest absolute Gasteiger partial charge is 0.136 e. The molecule has 1 aromatic carbocycles. The summed E-state index contributed by atoms with van der Waals surface area (Å²) < 4.78 is 0.940. The molecule has 0 atom stereocenters. The molecule has 0 aliphatic carbocycles. The Hall–Kier alpha value is -0.730. The van der Waals surface area contributed by atoms with Crippen molar-refractivity contribution in [3.63, 3.8) is 0 Å². The molecule has 0 saturated heterocycles. The van der Waals surface area contributed by atoms with Crippen molar-refractivity contribution in [1.82, 2.24) is 0 Å². The maximum absolute atomic E-state index is 9.73. The summed E-state index contributed by atoms with van der Waals surface area (Å²) >= 11 is 7.28. The maximum atomic E-state index is 9.73. The maximum Gasteiger partial charge on any atom is 0.136 e. The van der Waals surface area contributed by atoms with Gasteiger partial charge in [-0.1, -0.05) is 12.1 Å². The van der Waals surface area contributed by atoms with Gasteiger partial charge < -0.3 is 5.11 Å². The number of hydrogen-bond acceptors (Lipinski definition) is 2. The molecular weight excluding hydrogens is 204 g/mol. The number of phenols is 1. The van der Waals surface area contributed by atoms with E-state index < -0.39 is 0 Å². The van der Waals surface area contributed by atoms with Crippen LogP contribution in [0.15, 0.2) is 18.2 Å². The molecule has 2 aromatic rings. The van der Waals surface area contributed by atoms with Crippen molar-refractivity contribution < 1.29 is 5.11 Å². The molecule has 0 aliphatic heterocycles. The number of fused-ring (bicyclic) bond motifs is 1. The molecule has 0 spiro atoms. The van der Waals surface area contributed by atoms with Gasteiger partial charge in [0, 0.05) is 4.88 Å². The van der Waals surface area contributed by atoms with E-state index in [9.17, 15) is 5.11 Å². The standard InChI is InChI=1S/C10H9ClOS/c1-6-2-3-7-4-8(5-11)13-10(7)9(6)12/h2-4,12H,5H2,1H3. The van der Waals surface area contributed by atoms with Gasteiger partial charge in [-0.15, -0.1) is 22.9 Å². The summed E-state index contributed by atoms with van der Waals surface area (Å²) in [6.45, 7) is 1.90. The number of rotatable bonds is 1. The fraction of sp³-hybridized carbons (Fsp3) is 0.200. The molecule has 13 heavy (non-hydrogen) atoms. The van der Waals surface area contributed by atoms with Crippen LogP contribution in [0.1, 0.15) is 10.4 Å². The van der Waals surface area contributed by atoms with Crippen LogP contribution < -0.4 is 0 Å². The molecule has 2 rings (SSSR count). The fourth-order valence-corrected chi connectivity index (χ4v) is 2.55. The van der Waals surface area contributed by atoms with E-state index in [4.69, 9.17) is 11.6 Å². The molecule has 0 fully saturated rings. The number of benzene rings is 1. The molecule has 0 bridgehead atoms. The Morgan fingerprint density at radius 2 is 2.23 bits per heavy atom. The van der Waals surface area contributed by atoms with Gasteiger partial charge in [-0.2, -0.15) is 0 Å². The SMILES string of the molecule is Cc1ccc2cc(CCl)sc2c1O. The van der Waals surface area contributed by atoms with E-state index in [-0.39, 0.29) is 0 Å². The minimum Gasteiger partial charge on any atom is -0.506 e. The summed E-state index contributed by atoms with van der Waals surface area (Å²) in [5.74, 6) is 0.900. The second-order valence-corrected chi connectivity index (χ2v) is 4.40. The molecule has 3 heteroatoms. The van der Waals surface area contributed by atoms with Crippen LogP contribution >= 0.6 is 22.9 Å². The highest BCUT2D eigenvalue weighted by molar-refractivity contribution is 7.19. The third-order valence-corrected chi connectivity index (χ3v) is 3.65. The van der Waals surface area contributed by atoms with Crippen LogP contribution in [0.25, 0.3) is 10.1 Å². The van der Waals surface area contributed by atoms with Gasteiger partial charge in [-0.25, -0.2) is 0 Å². The average molecular weight is 213 g/mol. The first-order valence-electron chi connectivity index (χ1n) is 3.99. The molecular formula is C10H9ClOS. The second kappa shape index (κ2) is 3.20. The Morgan fingerprint density at radius 3 is 2.92 bits per heavy atom. The Bertz CT molecular complexity index is 447. The lowest BCUT2D eigenvalue weighted by Gasteiger charge is -1.97. The van der Waals surface area contributed by atoms with E-state index in [1.807, 2.05) is 25.1 Å². The van der Waals surface area contributed by atoms with Gasteiger partial charge in [-0.05, 0) is 23.9 Å². The topological polar surface area (TPSA) is 20.2 Å². The van der Waals surface area contributed by atoms with E-state index in [0.29, 0.717) is 11.6 Å². The minimum absolute atomic E-state index is 0.388. The van der Waals surface area contributed by atoms with E-state index in [0.717, 1.165) is 20.5 Å². The Morgan fingerprint density at radius 1 is 1.46 bits per heavy atom. The van der Waals surface area contributed by atoms with E-state index in [1.54, 1.807) is 11.3 Å². The largest absolute Gasteiger partial charge is 0.506 e. The van der Waals surface area contributed by atoms with E-state index in [1.165, 1.54) is 0 Å². The highest BCUT2D eigenvalue weighted by Crippen LogP contribution is 2.35. The fourth-order valence-electron chi connectivity index (χ4n) is 1.31. The van der Waals surface area contributed by atoms with Crippen LogP contribution in [0.3, 0.4) is 0 Å². The molecule has 1 heterocycles. The van der Waals surface area contributed by atoms with E-state index >= 15 is 0 Å². The zero-order chi connectivity index (χ0) is 9.42. The lowest BCUT2D eigenvalue weighted by atomic mass is 10.2. The lowest BCUT2D eigenvalue weighted by molar-refractivity contribution is 0.478. The first-order chi connectivity index (χ1) is 6.22. The van der Waals surface area contributed by atoms with Crippen molar-refractivity contribution in [3.05, 3.63) is 28.6 Å². The van der Waals surface area contributed by atoms with Crippen molar-refractivity contribution in [2.24, 2.45) is 0 Å². The molecule has 68 valence electrons. The molecule has 1 aromatic heterocycles. The normalized spacial score (nSPS) is 10.9. The van der Waals surface area contributed by atoms with Crippen molar-refractivity contribution in [2.45, 2.75) is 12.8 Å². The van der Waals surface area contributed by atoms with Gasteiger partial charge in [0.2, 0.25) is 0 Å². The van der Waals surface area contributed by atoms with Crippen LogP contribution in [0.4, 0.5) is 0 Å². The molecule has 0 radical (unpaired) electrons. The van der Waals surface area contributed by atoms with Gasteiger partial charge in [-0.3, -0.25) is 0 Å². The van der Waals surface area contributed by atoms with Gasteiger partial charge in [0.05, 0.1) is 10.6 Å². The summed E-state index contributed by atoms with van der Waals surface area (Å²) in [5, 5.41) is 10.8. The first kappa shape index (κ1) is 8.85. The van der Waals surface area contributed by atoms with Gasteiger partial charge in [0.25, 0.3) is 0 Å². The summed E-state index contributed by atoms with van der Waals surface area (Å²) in [7, 11) is 0. The predicted molar refractivity (Wildman–Crippen MR) is 57.8 cm³/mol. The second-order valence-electron chi connectivity index (χ2n) is 3.00.